The second kappa shape index (κ2) is 7.89. The van der Waals surface area contributed by atoms with E-state index in [0.29, 0.717) is 18.7 Å². The van der Waals surface area contributed by atoms with Gasteiger partial charge in [-0.3, -0.25) is 0 Å². The number of benzene rings is 1. The summed E-state index contributed by atoms with van der Waals surface area (Å²) in [6, 6.07) is 4.79. The van der Waals surface area contributed by atoms with Crippen molar-refractivity contribution in [1.82, 2.24) is 5.32 Å². The Labute approximate surface area is 159 Å². The molecule has 11 heteroatoms. The smallest absolute Gasteiger partial charge is 0.369 e. The van der Waals surface area contributed by atoms with E-state index in [2.05, 4.69) is 10.6 Å². The molecule has 0 radical (unpaired) electrons. The molecule has 2 nitrogen and oxygen atoms in total. The molecule has 0 aliphatic rings. The molecule has 0 atom stereocenters. The normalized spacial score (nSPS) is 11.9. The summed E-state index contributed by atoms with van der Waals surface area (Å²) in [5.41, 5.74) is -3.32. The van der Waals surface area contributed by atoms with E-state index < -0.39 is 29.2 Å². The Morgan fingerprint density at radius 2 is 1.50 bits per heavy atom. The predicted molar refractivity (Wildman–Crippen MR) is 96.4 cm³/mol. The molecular weight excluding hydrogens is 418 g/mol. The van der Waals surface area contributed by atoms with Gasteiger partial charge < -0.3 is 10.6 Å². The van der Waals surface area contributed by atoms with E-state index in [4.69, 9.17) is 24.4 Å². The summed E-state index contributed by atoms with van der Waals surface area (Å²) >= 11 is 11.4. The van der Waals surface area contributed by atoms with Gasteiger partial charge in [-0.1, -0.05) is 30.5 Å². The number of halogens is 6. The fraction of sp³-hybridized carbons (Fsp3) is 0.200. The van der Waals surface area contributed by atoms with Gasteiger partial charge >= 0.3 is 12.4 Å². The summed E-state index contributed by atoms with van der Waals surface area (Å²) in [7, 11) is 0. The maximum atomic E-state index is 12.8. The van der Waals surface area contributed by atoms with Crippen LogP contribution in [0.15, 0.2) is 35.7 Å². The van der Waals surface area contributed by atoms with Crippen molar-refractivity contribution in [3.63, 3.8) is 0 Å². The van der Waals surface area contributed by atoms with Crippen molar-refractivity contribution < 1.29 is 26.3 Å². The zero-order chi connectivity index (χ0) is 19.5. The first-order valence-electron chi connectivity index (χ1n) is 6.88. The Bertz CT molecular complexity index is 764. The summed E-state index contributed by atoms with van der Waals surface area (Å²) in [5, 5.41) is 6.96. The van der Waals surface area contributed by atoms with Gasteiger partial charge in [-0.25, -0.2) is 0 Å². The topological polar surface area (TPSA) is 24.1 Å². The Hall–Kier alpha value is -1.72. The van der Waals surface area contributed by atoms with Crippen LogP contribution in [-0.4, -0.2) is 9.98 Å². The van der Waals surface area contributed by atoms with Crippen LogP contribution in [0.1, 0.15) is 16.0 Å². The van der Waals surface area contributed by atoms with Crippen molar-refractivity contribution >= 4 is 51.4 Å². The van der Waals surface area contributed by atoms with Gasteiger partial charge in [0.1, 0.15) is 9.98 Å². The molecule has 2 rings (SSSR count). The molecule has 0 amide bonds. The highest BCUT2D eigenvalue weighted by Gasteiger charge is 2.37. The summed E-state index contributed by atoms with van der Waals surface area (Å²) < 4.78 is 77.1. The molecule has 0 bridgehead atoms. The summed E-state index contributed by atoms with van der Waals surface area (Å²) in [4.78, 5) is 0.775. The molecule has 0 unspecified atom stereocenters. The molecule has 0 saturated carbocycles. The maximum absolute atomic E-state index is 12.8. The largest absolute Gasteiger partial charge is 0.416 e. The standard InChI is InChI=1S/C15H10F6N2S3/c16-14(17,18)8-4-9(15(19,20)21)6-10(5-8)23-13(25)12(24)22-7-11-2-1-3-26-11/h1-6H,7H2,(H,22,24)(H,23,25). The minimum absolute atomic E-state index is 0.0133. The number of anilines is 1. The number of alkyl halides is 6. The molecule has 0 fully saturated rings. The Kier molecular flexibility index (Phi) is 6.25. The van der Waals surface area contributed by atoms with Crippen LogP contribution >= 0.6 is 35.8 Å². The highest BCUT2D eigenvalue weighted by atomic mass is 32.1. The lowest BCUT2D eigenvalue weighted by Crippen LogP contribution is -2.32. The van der Waals surface area contributed by atoms with Crippen molar-refractivity contribution in [2.75, 3.05) is 5.32 Å². The number of nitrogens with one attached hydrogen (secondary N) is 2. The van der Waals surface area contributed by atoms with E-state index in [9.17, 15) is 26.3 Å². The Morgan fingerprint density at radius 1 is 0.923 bits per heavy atom. The first kappa shape index (κ1) is 20.6. The van der Waals surface area contributed by atoms with Crippen LogP contribution in [0.25, 0.3) is 0 Å². The van der Waals surface area contributed by atoms with Crippen LogP contribution in [0.2, 0.25) is 0 Å². The molecular formula is C15H10F6N2S3. The second-order valence-corrected chi connectivity index (χ2v) is 6.86. The number of hydrogen-bond donors (Lipinski definition) is 2. The molecule has 0 aliphatic heterocycles. The van der Waals surface area contributed by atoms with Crippen LogP contribution in [0, 0.1) is 0 Å². The number of thiocarbonyl (C=S) groups is 2. The molecule has 1 aromatic carbocycles. The molecule has 0 saturated heterocycles. The predicted octanol–water partition coefficient (Wildman–Crippen LogP) is 5.64. The van der Waals surface area contributed by atoms with E-state index in [-0.39, 0.29) is 16.0 Å². The van der Waals surface area contributed by atoms with Gasteiger partial charge in [0.15, 0.2) is 0 Å². The van der Waals surface area contributed by atoms with E-state index in [1.54, 1.807) is 0 Å². The first-order valence-corrected chi connectivity index (χ1v) is 8.57. The lowest BCUT2D eigenvalue weighted by atomic mass is 10.1. The average molecular weight is 428 g/mol. The molecule has 0 spiro atoms. The van der Waals surface area contributed by atoms with Gasteiger partial charge in [0.25, 0.3) is 0 Å². The third-order valence-corrected chi connectivity index (χ3v) is 4.72. The Morgan fingerprint density at radius 3 is 1.96 bits per heavy atom. The Balaban J connectivity index is 2.16. The molecule has 1 aromatic heterocycles. The van der Waals surface area contributed by atoms with E-state index in [0.717, 1.165) is 4.88 Å². The number of hydrogen-bond acceptors (Lipinski definition) is 3. The maximum Gasteiger partial charge on any atom is 0.416 e. The highest BCUT2D eigenvalue weighted by molar-refractivity contribution is 7.89. The fourth-order valence-corrected chi connectivity index (χ4v) is 2.83. The highest BCUT2D eigenvalue weighted by Crippen LogP contribution is 2.37. The first-order chi connectivity index (χ1) is 12.0. The van der Waals surface area contributed by atoms with Crippen molar-refractivity contribution in [3.8, 4) is 0 Å². The van der Waals surface area contributed by atoms with E-state index in [1.807, 2.05) is 17.5 Å². The van der Waals surface area contributed by atoms with Crippen molar-refractivity contribution in [1.29, 1.82) is 0 Å². The summed E-state index contributed by atoms with van der Waals surface area (Å²) in [6.07, 6.45) is -9.87. The zero-order valence-electron chi connectivity index (χ0n) is 12.7. The van der Waals surface area contributed by atoms with Gasteiger partial charge in [0.05, 0.1) is 17.7 Å². The van der Waals surface area contributed by atoms with E-state index >= 15 is 0 Å². The quantitative estimate of drug-likeness (QED) is 0.488. The monoisotopic (exact) mass is 428 g/mol. The lowest BCUT2D eigenvalue weighted by Gasteiger charge is -2.16. The van der Waals surface area contributed by atoms with Crippen LogP contribution in [0.3, 0.4) is 0 Å². The SMILES string of the molecule is FC(F)(F)c1cc(NC(=S)C(=S)NCc2cccs2)cc(C(F)(F)F)c1. The third kappa shape index (κ3) is 5.64. The van der Waals surface area contributed by atoms with Gasteiger partial charge in [0, 0.05) is 10.6 Å². The van der Waals surface area contributed by atoms with Gasteiger partial charge in [-0.05, 0) is 29.6 Å². The van der Waals surface area contributed by atoms with Crippen LogP contribution in [0.5, 0.6) is 0 Å². The van der Waals surface area contributed by atoms with E-state index in [1.165, 1.54) is 11.3 Å². The number of rotatable bonds is 3. The van der Waals surface area contributed by atoms with Crippen LogP contribution in [0.4, 0.5) is 32.0 Å². The zero-order valence-corrected chi connectivity index (χ0v) is 15.1. The second-order valence-electron chi connectivity index (χ2n) is 5.01. The molecule has 26 heavy (non-hydrogen) atoms. The number of thiophene rings is 1. The van der Waals surface area contributed by atoms with Crippen molar-refractivity contribution in [3.05, 3.63) is 51.7 Å². The molecule has 2 aromatic rings. The van der Waals surface area contributed by atoms with Crippen LogP contribution < -0.4 is 10.6 Å². The fourth-order valence-electron chi connectivity index (χ4n) is 1.88. The molecule has 0 aliphatic carbocycles. The summed E-state index contributed by atoms with van der Waals surface area (Å²) in [6.45, 7) is 0.342. The van der Waals surface area contributed by atoms with Crippen molar-refractivity contribution in [2.45, 2.75) is 18.9 Å². The van der Waals surface area contributed by atoms with Crippen LogP contribution in [-0.2, 0) is 18.9 Å². The third-order valence-electron chi connectivity index (χ3n) is 3.06. The van der Waals surface area contributed by atoms with Gasteiger partial charge in [-0.15, -0.1) is 11.3 Å². The van der Waals surface area contributed by atoms with Gasteiger partial charge in [-0.2, -0.15) is 26.3 Å². The minimum atomic E-state index is -4.93. The minimum Gasteiger partial charge on any atom is -0.369 e. The lowest BCUT2D eigenvalue weighted by molar-refractivity contribution is -0.143. The summed E-state index contributed by atoms with van der Waals surface area (Å²) in [5.74, 6) is 0. The van der Waals surface area contributed by atoms with Gasteiger partial charge in [0.2, 0.25) is 0 Å². The molecule has 1 heterocycles. The van der Waals surface area contributed by atoms with Crippen molar-refractivity contribution in [2.24, 2.45) is 0 Å². The molecule has 140 valence electrons. The average Bonchev–Trinajstić information content (AvgIpc) is 3.04. The molecule has 2 N–H and O–H groups in total.